The van der Waals surface area contributed by atoms with Gasteiger partial charge in [-0.25, -0.2) is 9.78 Å². The van der Waals surface area contributed by atoms with Crippen LogP contribution in [0.5, 0.6) is 0 Å². The average Bonchev–Trinajstić information content (AvgIpc) is 2.19. The largest absolute Gasteiger partial charge is 0.478 e. The Balaban J connectivity index is 2.69. The van der Waals surface area contributed by atoms with Gasteiger partial charge in [0.2, 0.25) is 0 Å². The zero-order valence-corrected chi connectivity index (χ0v) is 8.16. The Morgan fingerprint density at radius 3 is 3.07 bits per heavy atom. The number of carboxylic acids is 1. The zero-order valence-electron chi connectivity index (χ0n) is 8.16. The fourth-order valence-corrected chi connectivity index (χ4v) is 1.10. The summed E-state index contributed by atoms with van der Waals surface area (Å²) >= 11 is 0. The lowest BCUT2D eigenvalue weighted by Crippen LogP contribution is -2.08. The number of carboxylic acid groups (broad SMARTS) is 1. The molecule has 76 valence electrons. The molecule has 1 aromatic rings. The lowest BCUT2D eigenvalue weighted by molar-refractivity contribution is 0.0697. The third-order valence-electron chi connectivity index (χ3n) is 1.86. The maximum absolute atomic E-state index is 10.8. The maximum atomic E-state index is 10.8. The highest BCUT2D eigenvalue weighted by atomic mass is 16.4. The average molecular weight is 194 g/mol. The van der Waals surface area contributed by atoms with Crippen molar-refractivity contribution in [1.29, 1.82) is 0 Å². The molecule has 4 nitrogen and oxygen atoms in total. The molecule has 0 aliphatic carbocycles. The third-order valence-corrected chi connectivity index (χ3v) is 1.86. The van der Waals surface area contributed by atoms with Crippen molar-refractivity contribution in [2.45, 2.75) is 19.8 Å². The Bertz CT molecular complexity index is 313. The van der Waals surface area contributed by atoms with Crippen molar-refractivity contribution in [2.24, 2.45) is 0 Å². The first-order valence-electron chi connectivity index (χ1n) is 4.68. The van der Waals surface area contributed by atoms with Crippen LogP contribution in [0.4, 0.5) is 5.82 Å². The predicted molar refractivity (Wildman–Crippen MR) is 54.6 cm³/mol. The van der Waals surface area contributed by atoms with Crippen molar-refractivity contribution in [3.8, 4) is 0 Å². The number of rotatable bonds is 5. The second-order valence-electron chi connectivity index (χ2n) is 2.99. The molecule has 0 radical (unpaired) electrons. The number of nitrogens with zero attached hydrogens (tertiary/aromatic N) is 1. The minimum absolute atomic E-state index is 0.226. The molecule has 1 rings (SSSR count). The quantitative estimate of drug-likeness (QED) is 0.704. The first-order chi connectivity index (χ1) is 6.75. The van der Waals surface area contributed by atoms with Gasteiger partial charge in [0.15, 0.2) is 0 Å². The van der Waals surface area contributed by atoms with Gasteiger partial charge < -0.3 is 10.4 Å². The molecule has 0 aliphatic rings. The maximum Gasteiger partial charge on any atom is 0.339 e. The standard InChI is InChI=1S/C10H14N2O2/c1-2-3-6-11-9-8(10(13)14)5-4-7-12-9/h4-5,7H,2-3,6H2,1H3,(H,11,12)(H,13,14). The van der Waals surface area contributed by atoms with Crippen LogP contribution in [0.25, 0.3) is 0 Å². The van der Waals surface area contributed by atoms with E-state index in [1.165, 1.54) is 0 Å². The lowest BCUT2D eigenvalue weighted by Gasteiger charge is -2.06. The second kappa shape index (κ2) is 5.21. The van der Waals surface area contributed by atoms with Gasteiger partial charge in [0.25, 0.3) is 0 Å². The normalized spacial score (nSPS) is 9.79. The lowest BCUT2D eigenvalue weighted by atomic mass is 10.2. The molecule has 0 spiro atoms. The summed E-state index contributed by atoms with van der Waals surface area (Å²) in [4.78, 5) is 14.8. The zero-order chi connectivity index (χ0) is 10.4. The van der Waals surface area contributed by atoms with E-state index in [0.717, 1.165) is 19.4 Å². The number of hydrogen-bond donors (Lipinski definition) is 2. The number of aromatic nitrogens is 1. The highest BCUT2D eigenvalue weighted by Crippen LogP contribution is 2.10. The number of carbonyl (C=O) groups is 1. The van der Waals surface area contributed by atoms with E-state index >= 15 is 0 Å². The Morgan fingerprint density at radius 1 is 1.64 bits per heavy atom. The SMILES string of the molecule is CCCCNc1ncccc1C(=O)O. The summed E-state index contributed by atoms with van der Waals surface area (Å²) in [6, 6.07) is 3.16. The first-order valence-corrected chi connectivity index (χ1v) is 4.68. The van der Waals surface area contributed by atoms with Gasteiger partial charge in [-0.05, 0) is 18.6 Å². The molecule has 2 N–H and O–H groups in total. The molecular formula is C10H14N2O2. The summed E-state index contributed by atoms with van der Waals surface area (Å²) in [5.74, 6) is -0.495. The van der Waals surface area contributed by atoms with Crippen molar-refractivity contribution in [1.82, 2.24) is 4.98 Å². The van der Waals surface area contributed by atoms with Crippen LogP contribution in [-0.2, 0) is 0 Å². The van der Waals surface area contributed by atoms with Gasteiger partial charge in [-0.2, -0.15) is 0 Å². The summed E-state index contributed by atoms with van der Waals surface area (Å²) in [6.45, 7) is 2.84. The van der Waals surface area contributed by atoms with Gasteiger partial charge in [-0.3, -0.25) is 0 Å². The van der Waals surface area contributed by atoms with Gasteiger partial charge in [-0.1, -0.05) is 13.3 Å². The Morgan fingerprint density at radius 2 is 2.43 bits per heavy atom. The minimum atomic E-state index is -0.947. The number of anilines is 1. The van der Waals surface area contributed by atoms with Gasteiger partial charge in [0.05, 0.1) is 0 Å². The molecule has 1 aromatic heterocycles. The van der Waals surface area contributed by atoms with E-state index in [0.29, 0.717) is 5.82 Å². The molecule has 0 amide bonds. The molecule has 0 saturated heterocycles. The first kappa shape index (κ1) is 10.5. The van der Waals surface area contributed by atoms with Gasteiger partial charge >= 0.3 is 5.97 Å². The summed E-state index contributed by atoms with van der Waals surface area (Å²) < 4.78 is 0. The fourth-order valence-electron chi connectivity index (χ4n) is 1.10. The Hall–Kier alpha value is -1.58. The molecule has 0 atom stereocenters. The number of aromatic carboxylic acids is 1. The van der Waals surface area contributed by atoms with Crippen molar-refractivity contribution in [2.75, 3.05) is 11.9 Å². The van der Waals surface area contributed by atoms with Crippen LogP contribution in [0.3, 0.4) is 0 Å². The molecule has 0 fully saturated rings. The molecule has 0 bridgehead atoms. The van der Waals surface area contributed by atoms with E-state index in [-0.39, 0.29) is 5.56 Å². The summed E-state index contributed by atoms with van der Waals surface area (Å²) in [5.41, 5.74) is 0.226. The van der Waals surface area contributed by atoms with E-state index < -0.39 is 5.97 Å². The minimum Gasteiger partial charge on any atom is -0.478 e. The molecule has 0 unspecified atom stereocenters. The van der Waals surface area contributed by atoms with Crippen LogP contribution in [0.15, 0.2) is 18.3 Å². The molecule has 4 heteroatoms. The third kappa shape index (κ3) is 2.73. The Labute approximate surface area is 83.0 Å². The molecule has 1 heterocycles. The van der Waals surface area contributed by atoms with E-state index in [1.807, 2.05) is 0 Å². The van der Waals surface area contributed by atoms with Crippen LogP contribution < -0.4 is 5.32 Å². The van der Waals surface area contributed by atoms with Crippen LogP contribution in [0.2, 0.25) is 0 Å². The molecule has 0 aromatic carbocycles. The molecule has 0 aliphatic heterocycles. The monoisotopic (exact) mass is 194 g/mol. The van der Waals surface area contributed by atoms with Crippen LogP contribution in [0, 0.1) is 0 Å². The number of pyridine rings is 1. The molecule has 14 heavy (non-hydrogen) atoms. The molecular weight excluding hydrogens is 180 g/mol. The second-order valence-corrected chi connectivity index (χ2v) is 2.99. The van der Waals surface area contributed by atoms with E-state index in [4.69, 9.17) is 5.11 Å². The van der Waals surface area contributed by atoms with E-state index in [9.17, 15) is 4.79 Å². The van der Waals surface area contributed by atoms with Crippen molar-refractivity contribution in [3.63, 3.8) is 0 Å². The van der Waals surface area contributed by atoms with Crippen LogP contribution >= 0.6 is 0 Å². The van der Waals surface area contributed by atoms with Gasteiger partial charge in [-0.15, -0.1) is 0 Å². The van der Waals surface area contributed by atoms with Crippen molar-refractivity contribution in [3.05, 3.63) is 23.9 Å². The van der Waals surface area contributed by atoms with Crippen LogP contribution in [0.1, 0.15) is 30.1 Å². The van der Waals surface area contributed by atoms with Crippen LogP contribution in [-0.4, -0.2) is 22.6 Å². The van der Waals surface area contributed by atoms with Crippen molar-refractivity contribution >= 4 is 11.8 Å². The highest BCUT2D eigenvalue weighted by Gasteiger charge is 2.08. The highest BCUT2D eigenvalue weighted by molar-refractivity contribution is 5.92. The Kier molecular flexibility index (Phi) is 3.91. The van der Waals surface area contributed by atoms with Gasteiger partial charge in [0, 0.05) is 12.7 Å². The van der Waals surface area contributed by atoms with Gasteiger partial charge in [0.1, 0.15) is 11.4 Å². The summed E-state index contributed by atoms with van der Waals surface area (Å²) in [6.07, 6.45) is 3.67. The summed E-state index contributed by atoms with van der Waals surface area (Å²) in [7, 11) is 0. The number of nitrogens with one attached hydrogen (secondary N) is 1. The summed E-state index contributed by atoms with van der Waals surface area (Å²) in [5, 5.41) is 11.8. The predicted octanol–water partition coefficient (Wildman–Crippen LogP) is 1.99. The van der Waals surface area contributed by atoms with E-state index in [2.05, 4.69) is 17.2 Å². The number of hydrogen-bond acceptors (Lipinski definition) is 3. The topological polar surface area (TPSA) is 62.2 Å². The smallest absolute Gasteiger partial charge is 0.339 e. The van der Waals surface area contributed by atoms with E-state index in [1.54, 1.807) is 18.3 Å². The molecule has 0 saturated carbocycles. The van der Waals surface area contributed by atoms with Crippen molar-refractivity contribution < 1.29 is 9.90 Å². The number of unbranched alkanes of at least 4 members (excludes halogenated alkanes) is 1. The fraction of sp³-hybridized carbons (Fsp3) is 0.400.